The van der Waals surface area contributed by atoms with Gasteiger partial charge in [-0.25, -0.2) is 4.68 Å². The maximum Gasteiger partial charge on any atom is 0.125 e. The molecule has 0 aliphatic rings. The summed E-state index contributed by atoms with van der Waals surface area (Å²) >= 11 is 0. The highest BCUT2D eigenvalue weighted by atomic mass is 16.3. The Morgan fingerprint density at radius 1 is 1.64 bits per heavy atom. The Balaban J connectivity index is 2.11. The predicted octanol–water partition coefficient (Wildman–Crippen LogP) is 0.939. The van der Waals surface area contributed by atoms with Gasteiger partial charge >= 0.3 is 0 Å². The molecule has 0 spiro atoms. The summed E-state index contributed by atoms with van der Waals surface area (Å²) in [7, 11) is 0. The topological polar surface area (TPSA) is 69.9 Å². The average molecular weight is 192 g/mol. The third-order valence-electron chi connectivity index (χ3n) is 1.92. The molecular formula is C9H12N4O. The van der Waals surface area contributed by atoms with E-state index >= 15 is 0 Å². The molecule has 0 aliphatic carbocycles. The van der Waals surface area contributed by atoms with E-state index in [9.17, 15) is 0 Å². The van der Waals surface area contributed by atoms with Crippen molar-refractivity contribution >= 4 is 0 Å². The van der Waals surface area contributed by atoms with E-state index in [1.54, 1.807) is 10.9 Å². The second-order valence-corrected chi connectivity index (χ2v) is 3.21. The normalized spacial score (nSPS) is 13.0. The molecule has 1 atom stereocenters. The quantitative estimate of drug-likeness (QED) is 0.785. The van der Waals surface area contributed by atoms with Gasteiger partial charge in [0, 0.05) is 6.04 Å². The van der Waals surface area contributed by atoms with E-state index in [0.717, 1.165) is 11.5 Å². The van der Waals surface area contributed by atoms with Crippen molar-refractivity contribution in [3.63, 3.8) is 0 Å². The van der Waals surface area contributed by atoms with Crippen LogP contribution in [0.3, 0.4) is 0 Å². The van der Waals surface area contributed by atoms with Gasteiger partial charge < -0.3 is 10.2 Å². The van der Waals surface area contributed by atoms with Crippen molar-refractivity contribution in [2.45, 2.75) is 19.5 Å². The molecule has 0 bridgehead atoms. The molecule has 0 saturated heterocycles. The highest BCUT2D eigenvalue weighted by Crippen LogP contribution is 2.06. The van der Waals surface area contributed by atoms with Crippen molar-refractivity contribution in [3.05, 3.63) is 36.0 Å². The number of nitrogens with two attached hydrogens (primary N) is 1. The molecule has 0 unspecified atom stereocenters. The number of nitrogens with zero attached hydrogens (tertiary/aromatic N) is 3. The van der Waals surface area contributed by atoms with Crippen LogP contribution in [0, 0.1) is 0 Å². The van der Waals surface area contributed by atoms with E-state index in [0.29, 0.717) is 6.54 Å². The van der Waals surface area contributed by atoms with E-state index in [2.05, 4.69) is 10.3 Å². The van der Waals surface area contributed by atoms with Crippen LogP contribution in [-0.4, -0.2) is 15.0 Å². The summed E-state index contributed by atoms with van der Waals surface area (Å²) in [6, 6.07) is 3.66. The molecule has 2 heterocycles. The number of aromatic nitrogens is 3. The van der Waals surface area contributed by atoms with Crippen LogP contribution in [0.2, 0.25) is 0 Å². The number of hydrogen-bond acceptors (Lipinski definition) is 4. The highest BCUT2D eigenvalue weighted by molar-refractivity contribution is 5.02. The lowest BCUT2D eigenvalue weighted by Gasteiger charge is -1.96. The predicted molar refractivity (Wildman–Crippen MR) is 50.4 cm³/mol. The molecule has 14 heavy (non-hydrogen) atoms. The van der Waals surface area contributed by atoms with Gasteiger partial charge in [-0.2, -0.15) is 0 Å². The van der Waals surface area contributed by atoms with Gasteiger partial charge in [-0.15, -0.1) is 5.10 Å². The molecule has 2 aromatic rings. The lowest BCUT2D eigenvalue weighted by molar-refractivity contribution is 0.475. The monoisotopic (exact) mass is 192 g/mol. The van der Waals surface area contributed by atoms with E-state index < -0.39 is 0 Å². The van der Waals surface area contributed by atoms with Crippen LogP contribution >= 0.6 is 0 Å². The van der Waals surface area contributed by atoms with Crippen LogP contribution in [0.5, 0.6) is 0 Å². The minimum Gasteiger partial charge on any atom is -0.467 e. The first-order valence-electron chi connectivity index (χ1n) is 4.43. The van der Waals surface area contributed by atoms with Crippen LogP contribution in [0.1, 0.15) is 24.4 Å². The standard InChI is InChI=1S/C9H12N4O/c1-7(10)9-6-13(12-11-9)5-8-3-2-4-14-8/h2-4,6-7H,5,10H2,1H3/t7-/m1/s1. The second kappa shape index (κ2) is 3.63. The second-order valence-electron chi connectivity index (χ2n) is 3.21. The number of hydrogen-bond donors (Lipinski definition) is 1. The van der Waals surface area contributed by atoms with Crippen molar-refractivity contribution in [3.8, 4) is 0 Å². The third-order valence-corrected chi connectivity index (χ3v) is 1.92. The molecule has 0 amide bonds. The maximum absolute atomic E-state index is 5.66. The van der Waals surface area contributed by atoms with Gasteiger partial charge in [0.25, 0.3) is 0 Å². The fraction of sp³-hybridized carbons (Fsp3) is 0.333. The van der Waals surface area contributed by atoms with E-state index in [1.165, 1.54) is 0 Å². The Hall–Kier alpha value is -1.62. The molecule has 0 fully saturated rings. The molecule has 0 radical (unpaired) electrons. The number of furan rings is 1. The lowest BCUT2D eigenvalue weighted by atomic mass is 10.3. The molecule has 2 N–H and O–H groups in total. The molecule has 5 heteroatoms. The Morgan fingerprint density at radius 3 is 3.07 bits per heavy atom. The minimum absolute atomic E-state index is 0.0830. The van der Waals surface area contributed by atoms with E-state index in [4.69, 9.17) is 10.2 Å². The Labute approximate surface area is 81.5 Å². The summed E-state index contributed by atoms with van der Waals surface area (Å²) < 4.78 is 6.89. The highest BCUT2D eigenvalue weighted by Gasteiger charge is 2.05. The maximum atomic E-state index is 5.66. The zero-order chi connectivity index (χ0) is 9.97. The first-order valence-corrected chi connectivity index (χ1v) is 4.43. The van der Waals surface area contributed by atoms with Crippen LogP contribution in [-0.2, 0) is 6.54 Å². The van der Waals surface area contributed by atoms with Crippen molar-refractivity contribution in [1.82, 2.24) is 15.0 Å². The van der Waals surface area contributed by atoms with Crippen molar-refractivity contribution < 1.29 is 4.42 Å². The Bertz CT molecular complexity index is 391. The fourth-order valence-corrected chi connectivity index (χ4v) is 1.16. The molecule has 2 rings (SSSR count). The van der Waals surface area contributed by atoms with Gasteiger partial charge in [0.2, 0.25) is 0 Å². The van der Waals surface area contributed by atoms with Crippen LogP contribution in [0.4, 0.5) is 0 Å². The van der Waals surface area contributed by atoms with Gasteiger partial charge in [0.05, 0.1) is 18.2 Å². The molecule has 0 aromatic carbocycles. The Kier molecular flexibility index (Phi) is 2.32. The SMILES string of the molecule is C[C@@H](N)c1cn(Cc2ccco2)nn1. The molecule has 5 nitrogen and oxygen atoms in total. The summed E-state index contributed by atoms with van der Waals surface area (Å²) in [6.45, 7) is 2.47. The first-order chi connectivity index (χ1) is 6.75. The van der Waals surface area contributed by atoms with Gasteiger partial charge in [-0.3, -0.25) is 0 Å². The van der Waals surface area contributed by atoms with Gasteiger partial charge in [0.15, 0.2) is 0 Å². The minimum atomic E-state index is -0.0830. The average Bonchev–Trinajstić information content (AvgIpc) is 2.75. The van der Waals surface area contributed by atoms with Gasteiger partial charge in [-0.05, 0) is 19.1 Å². The van der Waals surface area contributed by atoms with Crippen LogP contribution in [0.25, 0.3) is 0 Å². The fourth-order valence-electron chi connectivity index (χ4n) is 1.16. The molecular weight excluding hydrogens is 180 g/mol. The summed E-state index contributed by atoms with van der Waals surface area (Å²) in [5.74, 6) is 0.853. The van der Waals surface area contributed by atoms with Gasteiger partial charge in [0.1, 0.15) is 12.3 Å². The first kappa shape index (κ1) is 8.96. The van der Waals surface area contributed by atoms with Crippen molar-refractivity contribution in [1.29, 1.82) is 0 Å². The van der Waals surface area contributed by atoms with Gasteiger partial charge in [-0.1, -0.05) is 5.21 Å². The van der Waals surface area contributed by atoms with Crippen LogP contribution < -0.4 is 5.73 Å². The molecule has 74 valence electrons. The van der Waals surface area contributed by atoms with E-state index in [-0.39, 0.29) is 6.04 Å². The smallest absolute Gasteiger partial charge is 0.125 e. The van der Waals surface area contributed by atoms with E-state index in [1.807, 2.05) is 25.3 Å². The summed E-state index contributed by atoms with van der Waals surface area (Å²) in [5.41, 5.74) is 6.45. The largest absolute Gasteiger partial charge is 0.467 e. The lowest BCUT2D eigenvalue weighted by Crippen LogP contribution is -2.05. The Morgan fingerprint density at radius 2 is 2.50 bits per heavy atom. The van der Waals surface area contributed by atoms with Crippen molar-refractivity contribution in [2.24, 2.45) is 5.73 Å². The molecule has 0 aliphatic heterocycles. The number of rotatable bonds is 3. The zero-order valence-electron chi connectivity index (χ0n) is 7.92. The summed E-state index contributed by atoms with van der Waals surface area (Å²) in [4.78, 5) is 0. The van der Waals surface area contributed by atoms with Crippen molar-refractivity contribution in [2.75, 3.05) is 0 Å². The summed E-state index contributed by atoms with van der Waals surface area (Å²) in [5, 5.41) is 7.88. The third kappa shape index (κ3) is 1.82. The zero-order valence-corrected chi connectivity index (χ0v) is 7.92. The molecule has 0 saturated carbocycles. The molecule has 2 aromatic heterocycles. The van der Waals surface area contributed by atoms with Crippen LogP contribution in [0.15, 0.2) is 29.0 Å². The summed E-state index contributed by atoms with van der Waals surface area (Å²) in [6.07, 6.45) is 3.46.